The molecule has 130 valence electrons. The number of hydrogen-bond acceptors (Lipinski definition) is 2. The second kappa shape index (κ2) is 7.18. The van der Waals surface area contributed by atoms with Crippen molar-refractivity contribution >= 4 is 23.1 Å². The third-order valence-electron chi connectivity index (χ3n) is 4.60. The largest absolute Gasteiger partial charge is 0.333 e. The number of rotatable bonds is 3. The molecule has 0 atom stereocenters. The van der Waals surface area contributed by atoms with Crippen LogP contribution >= 0.6 is 11.6 Å². The Morgan fingerprint density at radius 2 is 1.85 bits per heavy atom. The predicted octanol–water partition coefficient (Wildman–Crippen LogP) is 4.66. The first-order valence-corrected chi connectivity index (χ1v) is 8.94. The van der Waals surface area contributed by atoms with E-state index in [-0.39, 0.29) is 5.91 Å². The highest BCUT2D eigenvalue weighted by atomic mass is 35.5. The highest BCUT2D eigenvalue weighted by Gasteiger charge is 2.21. The van der Waals surface area contributed by atoms with Gasteiger partial charge in [0, 0.05) is 18.7 Å². The van der Waals surface area contributed by atoms with E-state index in [9.17, 15) is 4.79 Å². The molecule has 0 saturated carbocycles. The molecular weight excluding hydrogens is 346 g/mol. The summed E-state index contributed by atoms with van der Waals surface area (Å²) in [5.41, 5.74) is 4.49. The van der Waals surface area contributed by atoms with Crippen LogP contribution in [0.15, 0.2) is 66.7 Å². The van der Waals surface area contributed by atoms with E-state index in [0.717, 1.165) is 12.0 Å². The van der Waals surface area contributed by atoms with E-state index in [2.05, 4.69) is 28.4 Å². The van der Waals surface area contributed by atoms with Crippen molar-refractivity contribution in [3.63, 3.8) is 0 Å². The van der Waals surface area contributed by atoms with E-state index in [1.54, 1.807) is 6.07 Å². The Bertz CT molecular complexity index is 962. The highest BCUT2D eigenvalue weighted by molar-refractivity contribution is 6.33. The summed E-state index contributed by atoms with van der Waals surface area (Å²) in [6.45, 7) is 1.30. The minimum Gasteiger partial charge on any atom is -0.333 e. The maximum atomic E-state index is 12.8. The van der Waals surface area contributed by atoms with Gasteiger partial charge in [-0.15, -0.1) is 0 Å². The summed E-state index contributed by atoms with van der Waals surface area (Å²) in [5, 5.41) is 7.72. The maximum absolute atomic E-state index is 12.8. The summed E-state index contributed by atoms with van der Waals surface area (Å²) in [6, 6.07) is 19.5. The van der Waals surface area contributed by atoms with Crippen LogP contribution in [0.1, 0.15) is 22.5 Å². The Morgan fingerprint density at radius 1 is 1.08 bits per heavy atom. The molecular formula is C21H18ClN3O. The highest BCUT2D eigenvalue weighted by Crippen LogP contribution is 2.27. The SMILES string of the molecule is O=C(c1cc(-c2ccccc2Cl)n[nH]1)N1CC=C(c2ccccc2)CC1. The Morgan fingerprint density at radius 3 is 2.58 bits per heavy atom. The number of nitrogens with one attached hydrogen (secondary N) is 1. The molecule has 0 saturated heterocycles. The lowest BCUT2D eigenvalue weighted by Crippen LogP contribution is -2.34. The average molecular weight is 364 g/mol. The predicted molar refractivity (Wildman–Crippen MR) is 104 cm³/mol. The molecule has 5 heteroatoms. The van der Waals surface area contributed by atoms with Crippen LogP contribution in [0.4, 0.5) is 0 Å². The van der Waals surface area contributed by atoms with Crippen LogP contribution in [0.3, 0.4) is 0 Å². The lowest BCUT2D eigenvalue weighted by Gasteiger charge is -2.26. The van der Waals surface area contributed by atoms with Crippen LogP contribution in [0.2, 0.25) is 5.02 Å². The van der Waals surface area contributed by atoms with Gasteiger partial charge in [0.1, 0.15) is 5.69 Å². The number of aromatic amines is 1. The zero-order chi connectivity index (χ0) is 17.9. The molecule has 3 aromatic rings. The van der Waals surface area contributed by atoms with E-state index >= 15 is 0 Å². The molecule has 1 aliphatic heterocycles. The average Bonchev–Trinajstić information content (AvgIpc) is 3.18. The van der Waals surface area contributed by atoms with Crippen molar-refractivity contribution in [1.82, 2.24) is 15.1 Å². The van der Waals surface area contributed by atoms with Crippen molar-refractivity contribution < 1.29 is 4.79 Å². The molecule has 0 bridgehead atoms. The molecule has 2 aromatic carbocycles. The summed E-state index contributed by atoms with van der Waals surface area (Å²) in [7, 11) is 0. The molecule has 0 aliphatic carbocycles. The molecule has 0 radical (unpaired) electrons. The lowest BCUT2D eigenvalue weighted by molar-refractivity contribution is 0.0767. The van der Waals surface area contributed by atoms with Gasteiger partial charge in [-0.25, -0.2) is 0 Å². The van der Waals surface area contributed by atoms with E-state index in [4.69, 9.17) is 11.6 Å². The summed E-state index contributed by atoms with van der Waals surface area (Å²) in [6.07, 6.45) is 2.98. The molecule has 4 rings (SSSR count). The van der Waals surface area contributed by atoms with Crippen molar-refractivity contribution in [3.8, 4) is 11.3 Å². The zero-order valence-corrected chi connectivity index (χ0v) is 14.9. The van der Waals surface area contributed by atoms with Crippen molar-refractivity contribution in [2.45, 2.75) is 6.42 Å². The number of hydrogen-bond donors (Lipinski definition) is 1. The van der Waals surface area contributed by atoms with Gasteiger partial charge in [0.05, 0.1) is 10.7 Å². The quantitative estimate of drug-likeness (QED) is 0.735. The van der Waals surface area contributed by atoms with Gasteiger partial charge in [0.25, 0.3) is 5.91 Å². The van der Waals surface area contributed by atoms with Crippen LogP contribution in [-0.4, -0.2) is 34.1 Å². The number of halogens is 1. The van der Waals surface area contributed by atoms with Crippen molar-refractivity contribution in [3.05, 3.63) is 83.0 Å². The molecule has 1 aliphatic rings. The summed E-state index contributed by atoms with van der Waals surface area (Å²) in [4.78, 5) is 14.6. The first-order chi connectivity index (χ1) is 12.7. The third kappa shape index (κ3) is 3.28. The zero-order valence-electron chi connectivity index (χ0n) is 14.2. The number of benzene rings is 2. The van der Waals surface area contributed by atoms with E-state index in [1.165, 1.54) is 11.1 Å². The molecule has 1 aromatic heterocycles. The van der Waals surface area contributed by atoms with Gasteiger partial charge in [-0.05, 0) is 29.7 Å². The number of nitrogens with zero attached hydrogens (tertiary/aromatic N) is 2. The molecule has 0 unspecified atom stereocenters. The standard InChI is InChI=1S/C21H18ClN3O/c22-18-9-5-4-8-17(18)19-14-20(24-23-19)21(26)25-12-10-16(11-13-25)15-6-2-1-3-7-15/h1-10,14H,11-13H2,(H,23,24). The fourth-order valence-electron chi connectivity index (χ4n) is 3.18. The third-order valence-corrected chi connectivity index (χ3v) is 4.93. The number of carbonyl (C=O) groups is 1. The first-order valence-electron chi connectivity index (χ1n) is 8.56. The Kier molecular flexibility index (Phi) is 4.59. The second-order valence-corrected chi connectivity index (χ2v) is 6.65. The fraction of sp³-hybridized carbons (Fsp3) is 0.143. The summed E-state index contributed by atoms with van der Waals surface area (Å²) < 4.78 is 0. The van der Waals surface area contributed by atoms with Crippen LogP contribution in [0.25, 0.3) is 16.8 Å². The number of carbonyl (C=O) groups excluding carboxylic acids is 1. The van der Waals surface area contributed by atoms with Gasteiger partial charge in [0.15, 0.2) is 0 Å². The van der Waals surface area contributed by atoms with Crippen LogP contribution in [0, 0.1) is 0 Å². The number of amides is 1. The van der Waals surface area contributed by atoms with Gasteiger partial charge in [-0.2, -0.15) is 5.10 Å². The van der Waals surface area contributed by atoms with E-state index in [0.29, 0.717) is 29.5 Å². The second-order valence-electron chi connectivity index (χ2n) is 6.24. The van der Waals surface area contributed by atoms with Gasteiger partial charge in [-0.1, -0.05) is 66.2 Å². The summed E-state index contributed by atoms with van der Waals surface area (Å²) >= 11 is 6.21. The Labute approximate surface area is 157 Å². The molecule has 1 amide bonds. The smallest absolute Gasteiger partial charge is 0.272 e. The van der Waals surface area contributed by atoms with E-state index < -0.39 is 0 Å². The Balaban J connectivity index is 1.50. The van der Waals surface area contributed by atoms with Crippen molar-refractivity contribution in [1.29, 1.82) is 0 Å². The Hall–Kier alpha value is -2.85. The number of H-pyrrole nitrogens is 1. The molecule has 0 spiro atoms. The molecule has 26 heavy (non-hydrogen) atoms. The van der Waals surface area contributed by atoms with E-state index in [1.807, 2.05) is 47.4 Å². The monoisotopic (exact) mass is 363 g/mol. The van der Waals surface area contributed by atoms with Gasteiger partial charge in [-0.3, -0.25) is 9.89 Å². The first kappa shape index (κ1) is 16.6. The molecule has 4 nitrogen and oxygen atoms in total. The molecule has 2 heterocycles. The minimum absolute atomic E-state index is 0.0424. The van der Waals surface area contributed by atoms with Crippen LogP contribution in [0.5, 0.6) is 0 Å². The van der Waals surface area contributed by atoms with Crippen LogP contribution < -0.4 is 0 Å². The number of aromatic nitrogens is 2. The molecule has 1 N–H and O–H groups in total. The van der Waals surface area contributed by atoms with Crippen LogP contribution in [-0.2, 0) is 0 Å². The van der Waals surface area contributed by atoms with Gasteiger partial charge in [0.2, 0.25) is 0 Å². The van der Waals surface area contributed by atoms with Gasteiger partial charge < -0.3 is 4.90 Å². The van der Waals surface area contributed by atoms with Crippen molar-refractivity contribution in [2.24, 2.45) is 0 Å². The lowest BCUT2D eigenvalue weighted by atomic mass is 9.99. The summed E-state index contributed by atoms with van der Waals surface area (Å²) in [5.74, 6) is -0.0424. The topological polar surface area (TPSA) is 49.0 Å². The minimum atomic E-state index is -0.0424. The van der Waals surface area contributed by atoms with Gasteiger partial charge >= 0.3 is 0 Å². The van der Waals surface area contributed by atoms with Crippen molar-refractivity contribution in [2.75, 3.05) is 13.1 Å². The fourth-order valence-corrected chi connectivity index (χ4v) is 3.41. The normalized spacial score (nSPS) is 14.2. The maximum Gasteiger partial charge on any atom is 0.272 e. The molecule has 0 fully saturated rings.